The van der Waals surface area contributed by atoms with Crippen molar-refractivity contribution < 1.29 is 0 Å². The Morgan fingerprint density at radius 3 is 1.89 bits per heavy atom. The third kappa shape index (κ3) is 4.46. The van der Waals surface area contributed by atoms with Crippen molar-refractivity contribution in [2.45, 2.75) is 33.2 Å². The molecule has 0 aromatic heterocycles. The minimum Gasteiger partial charge on any atom is -0.307 e. The van der Waals surface area contributed by atoms with E-state index in [1.165, 1.54) is 12.3 Å². The van der Waals surface area contributed by atoms with Gasteiger partial charge in [-0.1, -0.05) is 13.8 Å². The Morgan fingerprint density at radius 1 is 1.33 bits per heavy atom. The summed E-state index contributed by atoms with van der Waals surface area (Å²) in [4.78, 5) is 2.24. The molecule has 0 amide bonds. The highest BCUT2D eigenvalue weighted by molar-refractivity contribution is 4.81. The molecule has 0 aliphatic heterocycles. The lowest BCUT2D eigenvalue weighted by molar-refractivity contribution is 0.304. The van der Waals surface area contributed by atoms with E-state index >= 15 is 0 Å². The summed E-state index contributed by atoms with van der Waals surface area (Å²) in [5, 5.41) is 0. The highest BCUT2D eigenvalue weighted by Gasteiger charge is 2.05. The maximum absolute atomic E-state index is 2.24. The Morgan fingerprint density at radius 2 is 1.78 bits per heavy atom. The lowest BCUT2D eigenvalue weighted by atomic mass is 10.1. The zero-order valence-electron chi connectivity index (χ0n) is 7.23. The van der Waals surface area contributed by atoms with Crippen molar-refractivity contribution in [2.24, 2.45) is 0 Å². The van der Waals surface area contributed by atoms with Crippen molar-refractivity contribution in [2.75, 3.05) is 14.1 Å². The van der Waals surface area contributed by atoms with Gasteiger partial charge in [-0.3, -0.25) is 0 Å². The van der Waals surface area contributed by atoms with Crippen molar-refractivity contribution in [3.8, 4) is 0 Å². The monoisotopic (exact) mass is 128 g/mol. The molecule has 0 spiro atoms. The van der Waals surface area contributed by atoms with Crippen molar-refractivity contribution in [1.82, 2.24) is 4.90 Å². The summed E-state index contributed by atoms with van der Waals surface area (Å²) in [6.07, 6.45) is 1.22. The first kappa shape index (κ1) is 8.96. The minimum atomic E-state index is 0.690. The average Bonchev–Trinajstić information content (AvgIpc) is 1.63. The molecule has 1 unspecified atom stereocenters. The predicted molar refractivity (Wildman–Crippen MR) is 42.4 cm³/mol. The third-order valence-electron chi connectivity index (χ3n) is 1.59. The highest BCUT2D eigenvalue weighted by atomic mass is 15.1. The standard InChI is InChI=1S/C8H18N/c1-7(2)6-8(3)9(4)5/h8H,6H2,1-5H3. The Labute approximate surface area is 59.1 Å². The maximum Gasteiger partial charge on any atom is 0.00661 e. The molecule has 0 bridgehead atoms. The molecule has 0 heterocycles. The lowest BCUT2D eigenvalue weighted by Crippen LogP contribution is -2.25. The average molecular weight is 128 g/mol. The van der Waals surface area contributed by atoms with E-state index in [0.29, 0.717) is 6.04 Å². The van der Waals surface area contributed by atoms with E-state index in [0.717, 1.165) is 0 Å². The Bertz CT molecular complexity index is 67.0. The number of hydrogen-bond donors (Lipinski definition) is 0. The van der Waals surface area contributed by atoms with Crippen molar-refractivity contribution in [3.63, 3.8) is 0 Å². The molecule has 1 radical (unpaired) electrons. The van der Waals surface area contributed by atoms with Crippen LogP contribution in [0.4, 0.5) is 0 Å². The molecule has 0 saturated heterocycles. The van der Waals surface area contributed by atoms with Crippen molar-refractivity contribution >= 4 is 0 Å². The first-order valence-electron chi connectivity index (χ1n) is 3.49. The van der Waals surface area contributed by atoms with Crippen molar-refractivity contribution in [3.05, 3.63) is 5.92 Å². The summed E-state index contributed by atoms with van der Waals surface area (Å²) in [5.74, 6) is 1.51. The van der Waals surface area contributed by atoms with E-state index in [1.807, 2.05) is 0 Å². The largest absolute Gasteiger partial charge is 0.307 e. The molecule has 0 fully saturated rings. The van der Waals surface area contributed by atoms with E-state index in [9.17, 15) is 0 Å². The molecular formula is C8H18N. The van der Waals surface area contributed by atoms with Gasteiger partial charge in [0.25, 0.3) is 0 Å². The second kappa shape index (κ2) is 3.89. The first-order valence-corrected chi connectivity index (χ1v) is 3.49. The van der Waals surface area contributed by atoms with Gasteiger partial charge in [-0.2, -0.15) is 0 Å². The Kier molecular flexibility index (Phi) is 3.87. The van der Waals surface area contributed by atoms with E-state index in [4.69, 9.17) is 0 Å². The molecule has 0 aliphatic rings. The Hall–Kier alpha value is -0.0400. The maximum atomic E-state index is 2.24. The highest BCUT2D eigenvalue weighted by Crippen LogP contribution is 2.08. The van der Waals surface area contributed by atoms with E-state index in [-0.39, 0.29) is 0 Å². The van der Waals surface area contributed by atoms with Gasteiger partial charge in [0.05, 0.1) is 0 Å². The van der Waals surface area contributed by atoms with Crippen LogP contribution in [0.15, 0.2) is 0 Å². The fourth-order valence-corrected chi connectivity index (χ4v) is 0.773. The van der Waals surface area contributed by atoms with Crippen LogP contribution in [0.1, 0.15) is 27.2 Å². The van der Waals surface area contributed by atoms with E-state index in [1.54, 1.807) is 0 Å². The zero-order valence-corrected chi connectivity index (χ0v) is 7.23. The lowest BCUT2D eigenvalue weighted by Gasteiger charge is -2.20. The van der Waals surface area contributed by atoms with Crippen LogP contribution in [0.5, 0.6) is 0 Å². The minimum absolute atomic E-state index is 0.690. The summed E-state index contributed by atoms with van der Waals surface area (Å²) < 4.78 is 0. The molecule has 1 atom stereocenters. The smallest absolute Gasteiger partial charge is 0.00661 e. The van der Waals surface area contributed by atoms with Gasteiger partial charge in [0.1, 0.15) is 0 Å². The molecule has 1 heteroatoms. The van der Waals surface area contributed by atoms with Crippen LogP contribution in [-0.4, -0.2) is 25.0 Å². The predicted octanol–water partition coefficient (Wildman–Crippen LogP) is 1.94. The van der Waals surface area contributed by atoms with Crippen LogP contribution >= 0.6 is 0 Å². The van der Waals surface area contributed by atoms with E-state index < -0.39 is 0 Å². The first-order chi connectivity index (χ1) is 4.04. The van der Waals surface area contributed by atoms with Gasteiger partial charge in [0.15, 0.2) is 0 Å². The summed E-state index contributed by atoms with van der Waals surface area (Å²) >= 11 is 0. The normalized spacial score (nSPS) is 15.0. The third-order valence-corrected chi connectivity index (χ3v) is 1.59. The molecule has 0 aliphatic carbocycles. The molecule has 55 valence electrons. The molecule has 0 aromatic rings. The van der Waals surface area contributed by atoms with Gasteiger partial charge >= 0.3 is 0 Å². The zero-order chi connectivity index (χ0) is 7.44. The van der Waals surface area contributed by atoms with Gasteiger partial charge < -0.3 is 4.90 Å². The molecule has 0 rings (SSSR count). The number of rotatable bonds is 3. The van der Waals surface area contributed by atoms with Gasteiger partial charge in [-0.25, -0.2) is 0 Å². The van der Waals surface area contributed by atoms with Gasteiger partial charge in [0.2, 0.25) is 0 Å². The topological polar surface area (TPSA) is 3.24 Å². The summed E-state index contributed by atoms with van der Waals surface area (Å²) in [6, 6.07) is 0.690. The Balaban J connectivity index is 3.38. The molecular weight excluding hydrogens is 110 g/mol. The quantitative estimate of drug-likeness (QED) is 0.561. The van der Waals surface area contributed by atoms with Crippen LogP contribution in [0.3, 0.4) is 0 Å². The van der Waals surface area contributed by atoms with E-state index in [2.05, 4.69) is 39.8 Å². The van der Waals surface area contributed by atoms with Gasteiger partial charge in [-0.05, 0) is 33.4 Å². The van der Waals surface area contributed by atoms with Crippen LogP contribution in [0, 0.1) is 5.92 Å². The van der Waals surface area contributed by atoms with Gasteiger partial charge in [0, 0.05) is 6.04 Å². The second-order valence-corrected chi connectivity index (χ2v) is 3.22. The molecule has 0 saturated carbocycles. The van der Waals surface area contributed by atoms with Crippen LogP contribution in [0.25, 0.3) is 0 Å². The molecule has 0 N–H and O–H groups in total. The fourth-order valence-electron chi connectivity index (χ4n) is 0.773. The SMILES string of the molecule is C[C](C)CC(C)N(C)C. The summed E-state index contributed by atoms with van der Waals surface area (Å²) in [6.45, 7) is 6.60. The molecule has 0 aromatic carbocycles. The second-order valence-electron chi connectivity index (χ2n) is 3.22. The fraction of sp³-hybridized carbons (Fsp3) is 0.875. The van der Waals surface area contributed by atoms with Crippen LogP contribution < -0.4 is 0 Å². The summed E-state index contributed by atoms with van der Waals surface area (Å²) in [5.41, 5.74) is 0. The van der Waals surface area contributed by atoms with Crippen LogP contribution in [-0.2, 0) is 0 Å². The van der Waals surface area contributed by atoms with Gasteiger partial charge in [-0.15, -0.1) is 0 Å². The molecule has 9 heavy (non-hydrogen) atoms. The summed E-state index contributed by atoms with van der Waals surface area (Å²) in [7, 11) is 4.24. The molecule has 1 nitrogen and oxygen atoms in total. The van der Waals surface area contributed by atoms with Crippen molar-refractivity contribution in [1.29, 1.82) is 0 Å². The number of hydrogen-bond acceptors (Lipinski definition) is 1. The number of nitrogens with zero attached hydrogens (tertiary/aromatic N) is 1. The van der Waals surface area contributed by atoms with Crippen LogP contribution in [0.2, 0.25) is 0 Å².